The lowest BCUT2D eigenvalue weighted by Crippen LogP contribution is -2.12. The summed E-state index contributed by atoms with van der Waals surface area (Å²) in [5.74, 6) is -11.2. The number of nitrogens with two attached hydrogens (primary N) is 1. The number of halogens is 5. The second kappa shape index (κ2) is 4.48. The zero-order chi connectivity index (χ0) is 15.2. The van der Waals surface area contributed by atoms with Crippen LogP contribution >= 0.6 is 0 Å². The Morgan fingerprint density at radius 3 is 1.85 bits per heavy atom. The zero-order valence-corrected chi connectivity index (χ0v) is 9.81. The van der Waals surface area contributed by atoms with Crippen LogP contribution in [0, 0.1) is 47.3 Å². The largest absolute Gasteiger partial charge is 0.382 e. The lowest BCUT2D eigenvalue weighted by molar-refractivity contribution is 0.374. The molecule has 1 aromatic heterocycles. The Hall–Kier alpha value is -2.63. The van der Waals surface area contributed by atoms with Gasteiger partial charge in [0.25, 0.3) is 0 Å². The highest BCUT2D eigenvalue weighted by molar-refractivity contribution is 5.56. The second-order valence-corrected chi connectivity index (χ2v) is 3.79. The van der Waals surface area contributed by atoms with Gasteiger partial charge >= 0.3 is 0 Å². The van der Waals surface area contributed by atoms with E-state index < -0.39 is 40.6 Å². The molecule has 2 N–H and O–H groups in total. The number of hydrogen-bond acceptors (Lipinski definition) is 3. The van der Waals surface area contributed by atoms with Gasteiger partial charge in [-0.15, -0.1) is 0 Å². The van der Waals surface area contributed by atoms with Gasteiger partial charge in [0.05, 0.1) is 5.69 Å². The van der Waals surface area contributed by atoms with Crippen molar-refractivity contribution in [3.8, 4) is 11.8 Å². The predicted molar refractivity (Wildman–Crippen MR) is 57.2 cm³/mol. The van der Waals surface area contributed by atoms with E-state index in [9.17, 15) is 22.0 Å². The van der Waals surface area contributed by atoms with E-state index in [1.807, 2.05) is 0 Å². The van der Waals surface area contributed by atoms with Crippen LogP contribution in [0.5, 0.6) is 0 Å². The molecular formula is C11H5F5N4. The van der Waals surface area contributed by atoms with Crippen LogP contribution < -0.4 is 5.73 Å². The summed E-state index contributed by atoms with van der Waals surface area (Å²) in [6, 6.07) is 1.62. The Morgan fingerprint density at radius 2 is 1.45 bits per heavy atom. The molecule has 2 aromatic rings. The molecule has 1 heterocycles. The van der Waals surface area contributed by atoms with E-state index in [1.54, 1.807) is 6.07 Å². The number of nitriles is 1. The molecule has 0 atom stereocenters. The number of nitrogens with zero attached hydrogens (tertiary/aromatic N) is 3. The van der Waals surface area contributed by atoms with Crippen LogP contribution in [0.3, 0.4) is 0 Å². The van der Waals surface area contributed by atoms with Crippen LogP contribution in [0.1, 0.15) is 11.3 Å². The maximum absolute atomic E-state index is 13.6. The van der Waals surface area contributed by atoms with Crippen molar-refractivity contribution in [3.63, 3.8) is 0 Å². The zero-order valence-electron chi connectivity index (χ0n) is 9.81. The van der Waals surface area contributed by atoms with Crippen molar-refractivity contribution >= 4 is 5.82 Å². The van der Waals surface area contributed by atoms with E-state index in [4.69, 9.17) is 11.0 Å². The molecule has 0 aliphatic rings. The number of benzene rings is 1. The van der Waals surface area contributed by atoms with Crippen molar-refractivity contribution < 1.29 is 22.0 Å². The number of anilines is 1. The van der Waals surface area contributed by atoms with Crippen LogP contribution in [0.25, 0.3) is 5.69 Å². The van der Waals surface area contributed by atoms with E-state index in [1.165, 1.54) is 6.92 Å². The number of nitrogen functional groups attached to an aromatic ring is 1. The van der Waals surface area contributed by atoms with Gasteiger partial charge < -0.3 is 5.73 Å². The number of rotatable bonds is 1. The fraction of sp³-hybridized carbons (Fsp3) is 0.0909. The molecule has 0 unspecified atom stereocenters. The Kier molecular flexibility index (Phi) is 3.09. The van der Waals surface area contributed by atoms with Crippen LogP contribution in [0.15, 0.2) is 0 Å². The van der Waals surface area contributed by atoms with Gasteiger partial charge in [-0.1, -0.05) is 0 Å². The smallest absolute Gasteiger partial charge is 0.200 e. The number of aromatic nitrogens is 2. The number of aryl methyl sites for hydroxylation is 1. The van der Waals surface area contributed by atoms with Crippen molar-refractivity contribution in [1.82, 2.24) is 9.78 Å². The molecule has 20 heavy (non-hydrogen) atoms. The highest BCUT2D eigenvalue weighted by atomic mass is 19.2. The Morgan fingerprint density at radius 1 is 1.00 bits per heavy atom. The third kappa shape index (κ3) is 1.69. The maximum Gasteiger partial charge on any atom is 0.200 e. The van der Waals surface area contributed by atoms with Crippen molar-refractivity contribution in [2.24, 2.45) is 0 Å². The maximum atomic E-state index is 13.6. The van der Waals surface area contributed by atoms with E-state index in [0.29, 0.717) is 4.68 Å². The summed E-state index contributed by atoms with van der Waals surface area (Å²) < 4.78 is 66.6. The molecule has 4 nitrogen and oxygen atoms in total. The molecule has 104 valence electrons. The highest BCUT2D eigenvalue weighted by Gasteiger charge is 2.29. The minimum Gasteiger partial charge on any atom is -0.382 e. The molecule has 0 bridgehead atoms. The summed E-state index contributed by atoms with van der Waals surface area (Å²) in [4.78, 5) is 0. The van der Waals surface area contributed by atoms with E-state index in [2.05, 4.69) is 5.10 Å². The van der Waals surface area contributed by atoms with Crippen LogP contribution in [0.4, 0.5) is 27.8 Å². The van der Waals surface area contributed by atoms with Crippen LogP contribution in [-0.4, -0.2) is 9.78 Å². The van der Waals surface area contributed by atoms with Gasteiger partial charge in [-0.25, -0.2) is 26.6 Å². The first-order valence-electron chi connectivity index (χ1n) is 5.08. The molecular weight excluding hydrogens is 283 g/mol. The normalized spacial score (nSPS) is 10.7. The van der Waals surface area contributed by atoms with E-state index in [-0.39, 0.29) is 11.3 Å². The molecule has 0 amide bonds. The van der Waals surface area contributed by atoms with Crippen LogP contribution in [0.2, 0.25) is 0 Å². The fourth-order valence-electron chi connectivity index (χ4n) is 1.63. The summed E-state index contributed by atoms with van der Waals surface area (Å²) in [6.07, 6.45) is 0. The first-order valence-corrected chi connectivity index (χ1v) is 5.08. The summed E-state index contributed by atoms with van der Waals surface area (Å²) in [5, 5.41) is 12.3. The molecule has 2 rings (SSSR count). The minimum absolute atomic E-state index is 0.00561. The standard InChI is InChI=1S/C11H5F5N4/c1-3-4(2-17)11(18)20(19-3)10-8(15)6(13)5(12)7(14)9(10)16/h18H2,1H3. The van der Waals surface area contributed by atoms with Gasteiger partial charge in [0.1, 0.15) is 23.1 Å². The molecule has 0 radical (unpaired) electrons. The summed E-state index contributed by atoms with van der Waals surface area (Å²) in [6.45, 7) is 1.30. The third-order valence-corrected chi connectivity index (χ3v) is 2.61. The van der Waals surface area contributed by atoms with E-state index >= 15 is 0 Å². The summed E-state index contributed by atoms with van der Waals surface area (Å²) >= 11 is 0. The molecule has 0 saturated carbocycles. The van der Waals surface area contributed by atoms with Gasteiger partial charge in [-0.2, -0.15) is 10.4 Å². The van der Waals surface area contributed by atoms with Gasteiger partial charge in [0.2, 0.25) is 5.82 Å². The molecule has 0 fully saturated rings. The average molecular weight is 288 g/mol. The van der Waals surface area contributed by atoms with Gasteiger partial charge in [0.15, 0.2) is 23.3 Å². The van der Waals surface area contributed by atoms with Crippen molar-refractivity contribution in [1.29, 1.82) is 5.26 Å². The fourth-order valence-corrected chi connectivity index (χ4v) is 1.63. The molecule has 9 heteroatoms. The SMILES string of the molecule is Cc1nn(-c2c(F)c(F)c(F)c(F)c2F)c(N)c1C#N. The predicted octanol–water partition coefficient (Wildman–Crippen LogP) is 2.33. The third-order valence-electron chi connectivity index (χ3n) is 2.61. The van der Waals surface area contributed by atoms with Gasteiger partial charge in [-0.3, -0.25) is 0 Å². The first kappa shape index (κ1) is 13.8. The highest BCUT2D eigenvalue weighted by Crippen LogP contribution is 2.29. The van der Waals surface area contributed by atoms with Crippen molar-refractivity contribution in [2.45, 2.75) is 6.92 Å². The van der Waals surface area contributed by atoms with Gasteiger partial charge in [-0.05, 0) is 6.92 Å². The monoisotopic (exact) mass is 288 g/mol. The lowest BCUT2D eigenvalue weighted by Gasteiger charge is -2.09. The van der Waals surface area contributed by atoms with Gasteiger partial charge in [0, 0.05) is 0 Å². The topological polar surface area (TPSA) is 67.6 Å². The Bertz CT molecular complexity index is 730. The van der Waals surface area contributed by atoms with Crippen molar-refractivity contribution in [3.05, 3.63) is 40.3 Å². The molecule has 0 spiro atoms. The quantitative estimate of drug-likeness (QED) is 0.497. The number of hydrogen-bond donors (Lipinski definition) is 1. The minimum atomic E-state index is -2.29. The molecule has 0 saturated heterocycles. The summed E-state index contributed by atoms with van der Waals surface area (Å²) in [7, 11) is 0. The van der Waals surface area contributed by atoms with Crippen molar-refractivity contribution in [2.75, 3.05) is 5.73 Å². The molecule has 0 aliphatic carbocycles. The second-order valence-electron chi connectivity index (χ2n) is 3.79. The molecule has 1 aromatic carbocycles. The summed E-state index contributed by atoms with van der Waals surface area (Å²) in [5.41, 5.74) is 3.88. The average Bonchev–Trinajstić information content (AvgIpc) is 2.69. The van der Waals surface area contributed by atoms with E-state index in [0.717, 1.165) is 0 Å². The molecule has 0 aliphatic heterocycles. The Balaban J connectivity index is 2.88. The first-order chi connectivity index (χ1) is 9.31. The van der Waals surface area contributed by atoms with Crippen LogP contribution in [-0.2, 0) is 0 Å². The Labute approximate surface area is 108 Å². The lowest BCUT2D eigenvalue weighted by atomic mass is 10.2.